The molecule has 0 saturated heterocycles. The summed E-state index contributed by atoms with van der Waals surface area (Å²) in [4.78, 5) is 31.0. The van der Waals surface area contributed by atoms with Gasteiger partial charge in [-0.05, 0) is 38.0 Å². The first-order valence-electron chi connectivity index (χ1n) is 8.25. The predicted octanol–water partition coefficient (Wildman–Crippen LogP) is 4.46. The average Bonchev–Trinajstić information content (AvgIpc) is 2.94. The van der Waals surface area contributed by atoms with Crippen molar-refractivity contribution >= 4 is 43.5 Å². The summed E-state index contributed by atoms with van der Waals surface area (Å²) in [7, 11) is 1.37. The molecule has 5 nitrogen and oxygen atoms in total. The van der Waals surface area contributed by atoms with Gasteiger partial charge in [-0.1, -0.05) is 28.1 Å². The van der Waals surface area contributed by atoms with E-state index in [1.165, 1.54) is 18.4 Å². The molecule has 0 radical (unpaired) electrons. The Kier molecular flexibility index (Phi) is 5.58. The molecule has 0 saturated carbocycles. The van der Waals surface area contributed by atoms with E-state index in [0.717, 1.165) is 25.3 Å². The lowest BCUT2D eigenvalue weighted by Gasteiger charge is -2.10. The standard InChI is InChI=1S/C19H19BrN2O3S/c1-11-16(13-6-8-14(20)9-7-13)17-18(26-11)21-12(2)22(19(17)24)10-4-5-15(23)25-3/h6-9H,4-5,10H2,1-3H3. The molecule has 0 bridgehead atoms. The Hall–Kier alpha value is -1.99. The lowest BCUT2D eigenvalue weighted by atomic mass is 10.0. The quantitative estimate of drug-likeness (QED) is 0.556. The molecule has 7 heteroatoms. The molecule has 3 aromatic rings. The molecular formula is C19H19BrN2O3S. The smallest absolute Gasteiger partial charge is 0.305 e. The molecule has 136 valence electrons. The highest BCUT2D eigenvalue weighted by atomic mass is 79.9. The minimum Gasteiger partial charge on any atom is -0.469 e. The van der Waals surface area contributed by atoms with Crippen LogP contribution in [0.1, 0.15) is 23.5 Å². The largest absolute Gasteiger partial charge is 0.469 e. The van der Waals surface area contributed by atoms with Crippen molar-refractivity contribution in [1.82, 2.24) is 9.55 Å². The molecule has 26 heavy (non-hydrogen) atoms. The third-order valence-corrected chi connectivity index (χ3v) is 5.83. The molecule has 2 heterocycles. The van der Waals surface area contributed by atoms with Crippen molar-refractivity contribution in [1.29, 1.82) is 0 Å². The highest BCUT2D eigenvalue weighted by Crippen LogP contribution is 2.36. The zero-order valence-corrected chi connectivity index (χ0v) is 17.2. The Morgan fingerprint density at radius 3 is 2.62 bits per heavy atom. The van der Waals surface area contributed by atoms with Crippen LogP contribution in [0.4, 0.5) is 0 Å². The molecule has 0 unspecified atom stereocenters. The van der Waals surface area contributed by atoms with Crippen molar-refractivity contribution in [2.24, 2.45) is 0 Å². The van der Waals surface area contributed by atoms with Crippen LogP contribution >= 0.6 is 27.3 Å². The normalized spacial score (nSPS) is 11.1. The van der Waals surface area contributed by atoms with E-state index in [2.05, 4.69) is 25.7 Å². The van der Waals surface area contributed by atoms with Crippen molar-refractivity contribution < 1.29 is 9.53 Å². The number of hydrogen-bond acceptors (Lipinski definition) is 5. The van der Waals surface area contributed by atoms with Gasteiger partial charge in [0.2, 0.25) is 0 Å². The number of fused-ring (bicyclic) bond motifs is 1. The summed E-state index contributed by atoms with van der Waals surface area (Å²) in [6.07, 6.45) is 0.819. The van der Waals surface area contributed by atoms with Crippen LogP contribution in [-0.2, 0) is 16.1 Å². The van der Waals surface area contributed by atoms with Crippen LogP contribution in [0.5, 0.6) is 0 Å². The van der Waals surface area contributed by atoms with Crippen molar-refractivity contribution in [3.63, 3.8) is 0 Å². The van der Waals surface area contributed by atoms with Gasteiger partial charge in [0.05, 0.1) is 12.5 Å². The third-order valence-electron chi connectivity index (χ3n) is 4.30. The summed E-state index contributed by atoms with van der Waals surface area (Å²) in [5.74, 6) is 0.391. The van der Waals surface area contributed by atoms with Crippen molar-refractivity contribution in [2.75, 3.05) is 7.11 Å². The molecule has 2 aromatic heterocycles. The van der Waals surface area contributed by atoms with Crippen LogP contribution in [0.25, 0.3) is 21.3 Å². The fourth-order valence-electron chi connectivity index (χ4n) is 3.01. The molecule has 0 aliphatic carbocycles. The molecule has 0 amide bonds. The number of carbonyl (C=O) groups excluding carboxylic acids is 1. The van der Waals surface area contributed by atoms with Gasteiger partial charge in [-0.3, -0.25) is 14.2 Å². The van der Waals surface area contributed by atoms with E-state index < -0.39 is 0 Å². The van der Waals surface area contributed by atoms with Crippen LogP contribution in [0.3, 0.4) is 0 Å². The Balaban J connectivity index is 2.09. The summed E-state index contributed by atoms with van der Waals surface area (Å²) in [6, 6.07) is 7.93. The topological polar surface area (TPSA) is 61.2 Å². The van der Waals surface area contributed by atoms with Gasteiger partial charge in [0.1, 0.15) is 10.7 Å². The molecule has 0 N–H and O–H groups in total. The highest BCUT2D eigenvalue weighted by molar-refractivity contribution is 9.10. The molecule has 0 aliphatic rings. The Morgan fingerprint density at radius 1 is 1.27 bits per heavy atom. The summed E-state index contributed by atoms with van der Waals surface area (Å²) in [5.41, 5.74) is 1.89. The highest BCUT2D eigenvalue weighted by Gasteiger charge is 2.18. The predicted molar refractivity (Wildman–Crippen MR) is 108 cm³/mol. The monoisotopic (exact) mass is 434 g/mol. The third kappa shape index (κ3) is 3.59. The first-order chi connectivity index (χ1) is 12.4. The number of methoxy groups -OCH3 is 1. The van der Waals surface area contributed by atoms with E-state index in [4.69, 9.17) is 0 Å². The number of aromatic nitrogens is 2. The first kappa shape index (κ1) is 18.8. The van der Waals surface area contributed by atoms with E-state index >= 15 is 0 Å². The fraction of sp³-hybridized carbons (Fsp3) is 0.316. The van der Waals surface area contributed by atoms with Crippen LogP contribution in [-0.4, -0.2) is 22.6 Å². The Morgan fingerprint density at radius 2 is 1.96 bits per heavy atom. The lowest BCUT2D eigenvalue weighted by molar-refractivity contribution is -0.140. The molecular weight excluding hydrogens is 416 g/mol. The molecule has 0 fully saturated rings. The van der Waals surface area contributed by atoms with Gasteiger partial charge in [-0.2, -0.15) is 0 Å². The summed E-state index contributed by atoms with van der Waals surface area (Å²) in [5, 5.41) is 0.651. The zero-order chi connectivity index (χ0) is 18.8. The Labute approximate surface area is 163 Å². The minimum atomic E-state index is -0.272. The Bertz CT molecular complexity index is 1020. The number of carbonyl (C=O) groups is 1. The minimum absolute atomic E-state index is 0.0559. The first-order valence-corrected chi connectivity index (χ1v) is 9.86. The van der Waals surface area contributed by atoms with Gasteiger partial charge >= 0.3 is 5.97 Å². The second kappa shape index (κ2) is 7.72. The van der Waals surface area contributed by atoms with E-state index in [0.29, 0.717) is 24.2 Å². The van der Waals surface area contributed by atoms with E-state index in [1.54, 1.807) is 4.57 Å². The summed E-state index contributed by atoms with van der Waals surface area (Å²) < 4.78 is 7.31. The number of nitrogens with zero attached hydrogens (tertiary/aromatic N) is 2. The van der Waals surface area contributed by atoms with Gasteiger partial charge in [0.25, 0.3) is 5.56 Å². The number of benzene rings is 1. The lowest BCUT2D eigenvalue weighted by Crippen LogP contribution is -2.24. The van der Waals surface area contributed by atoms with E-state index in [9.17, 15) is 9.59 Å². The maximum absolute atomic E-state index is 13.2. The second-order valence-electron chi connectivity index (χ2n) is 6.02. The maximum Gasteiger partial charge on any atom is 0.305 e. The summed E-state index contributed by atoms with van der Waals surface area (Å²) in [6.45, 7) is 4.28. The van der Waals surface area contributed by atoms with Gasteiger partial charge in [-0.25, -0.2) is 4.98 Å². The second-order valence-corrected chi connectivity index (χ2v) is 8.13. The molecule has 0 spiro atoms. The number of ether oxygens (including phenoxy) is 1. The molecule has 3 rings (SSSR count). The van der Waals surface area contributed by atoms with Crippen LogP contribution in [0.15, 0.2) is 33.5 Å². The van der Waals surface area contributed by atoms with Gasteiger partial charge in [-0.15, -0.1) is 11.3 Å². The summed E-state index contributed by atoms with van der Waals surface area (Å²) >= 11 is 4.98. The van der Waals surface area contributed by atoms with E-state index in [-0.39, 0.29) is 17.9 Å². The number of aryl methyl sites for hydroxylation is 2. The van der Waals surface area contributed by atoms with Crippen molar-refractivity contribution in [2.45, 2.75) is 33.2 Å². The fourth-order valence-corrected chi connectivity index (χ4v) is 4.35. The number of halogens is 1. The number of hydrogen-bond donors (Lipinski definition) is 0. The van der Waals surface area contributed by atoms with Gasteiger partial charge < -0.3 is 4.74 Å². The average molecular weight is 435 g/mol. The van der Waals surface area contributed by atoms with Crippen molar-refractivity contribution in [3.05, 3.63) is 49.8 Å². The van der Waals surface area contributed by atoms with Crippen LogP contribution in [0, 0.1) is 13.8 Å². The van der Waals surface area contributed by atoms with Crippen molar-refractivity contribution in [3.8, 4) is 11.1 Å². The van der Waals surface area contributed by atoms with E-state index in [1.807, 2.05) is 38.1 Å². The van der Waals surface area contributed by atoms with Gasteiger partial charge in [0.15, 0.2) is 0 Å². The number of rotatable bonds is 5. The van der Waals surface area contributed by atoms with Gasteiger partial charge in [0, 0.05) is 27.9 Å². The number of esters is 1. The molecule has 1 aromatic carbocycles. The van der Waals surface area contributed by atoms with Crippen LogP contribution in [0.2, 0.25) is 0 Å². The molecule has 0 aliphatic heterocycles. The maximum atomic E-state index is 13.2. The van der Waals surface area contributed by atoms with Crippen LogP contribution < -0.4 is 5.56 Å². The molecule has 0 atom stereocenters. The SMILES string of the molecule is COC(=O)CCCn1c(C)nc2sc(C)c(-c3ccc(Br)cc3)c2c1=O. The number of thiophene rings is 1. The zero-order valence-electron chi connectivity index (χ0n) is 14.8.